The molecular formula is C20H16N2O2. The Morgan fingerprint density at radius 3 is 1.42 bits per heavy atom. The zero-order valence-electron chi connectivity index (χ0n) is 13.5. The maximum absolute atomic E-state index is 13.0. The molecule has 0 fully saturated rings. The summed E-state index contributed by atoms with van der Waals surface area (Å²) in [6.45, 7) is 3.73. The van der Waals surface area contributed by atoms with E-state index in [1.807, 2.05) is 62.4 Å². The van der Waals surface area contributed by atoms with Gasteiger partial charge in [-0.3, -0.25) is 0 Å². The van der Waals surface area contributed by atoms with Crippen LogP contribution in [0.25, 0.3) is 33.2 Å². The van der Waals surface area contributed by atoms with Crippen molar-refractivity contribution in [2.24, 2.45) is 0 Å². The van der Waals surface area contributed by atoms with E-state index >= 15 is 0 Å². The number of para-hydroxylation sites is 2. The van der Waals surface area contributed by atoms with E-state index in [-0.39, 0.29) is 0 Å². The Hall–Kier alpha value is -3.14. The minimum atomic E-state index is 0.409. The van der Waals surface area contributed by atoms with E-state index in [4.69, 9.17) is 0 Å². The fourth-order valence-electron chi connectivity index (χ4n) is 3.32. The van der Waals surface area contributed by atoms with E-state index in [0.717, 1.165) is 31.4 Å². The molecule has 4 nitrogen and oxygen atoms in total. The predicted octanol–water partition coefficient (Wildman–Crippen LogP) is 3.54. The van der Waals surface area contributed by atoms with Gasteiger partial charge < -0.3 is 10.4 Å². The van der Waals surface area contributed by atoms with Crippen molar-refractivity contribution in [2.45, 2.75) is 13.8 Å². The highest BCUT2D eigenvalue weighted by molar-refractivity contribution is 5.81. The summed E-state index contributed by atoms with van der Waals surface area (Å²) >= 11 is 0. The molecule has 0 saturated heterocycles. The Kier molecular flexibility index (Phi) is 3.13. The lowest BCUT2D eigenvalue weighted by Crippen LogP contribution is -2.39. The van der Waals surface area contributed by atoms with Crippen LogP contribution in [0.15, 0.2) is 60.7 Å². The van der Waals surface area contributed by atoms with E-state index in [1.165, 1.54) is 0 Å². The molecule has 0 N–H and O–H groups in total. The summed E-state index contributed by atoms with van der Waals surface area (Å²) < 4.78 is 1.74. The number of hydrogen-bond acceptors (Lipinski definition) is 2. The summed E-state index contributed by atoms with van der Waals surface area (Å²) in [5.74, 6) is 0. The third-order valence-corrected chi connectivity index (χ3v) is 4.43. The van der Waals surface area contributed by atoms with Gasteiger partial charge >= 0.3 is 0 Å². The molecule has 0 aliphatic heterocycles. The highest BCUT2D eigenvalue weighted by Crippen LogP contribution is 2.26. The molecule has 0 aliphatic carbocycles. The molecule has 0 radical (unpaired) electrons. The minimum absolute atomic E-state index is 0.409. The van der Waals surface area contributed by atoms with Crippen molar-refractivity contribution < 1.29 is 9.46 Å². The molecule has 4 rings (SSSR count). The third kappa shape index (κ3) is 2.00. The zero-order valence-corrected chi connectivity index (χ0v) is 13.5. The maximum Gasteiger partial charge on any atom is 0.293 e. The van der Waals surface area contributed by atoms with E-state index in [2.05, 4.69) is 0 Å². The van der Waals surface area contributed by atoms with Crippen molar-refractivity contribution in [2.75, 3.05) is 0 Å². The van der Waals surface area contributed by atoms with Crippen LogP contribution in [0.4, 0.5) is 0 Å². The first kappa shape index (κ1) is 14.5. The van der Waals surface area contributed by atoms with Gasteiger partial charge in [-0.05, 0) is 38.1 Å². The van der Waals surface area contributed by atoms with Crippen molar-refractivity contribution in [3.63, 3.8) is 0 Å². The summed E-state index contributed by atoms with van der Waals surface area (Å²) in [7, 11) is 0. The molecule has 0 spiro atoms. The van der Waals surface area contributed by atoms with Crippen LogP contribution >= 0.6 is 0 Å². The van der Waals surface area contributed by atoms with Crippen LogP contribution < -0.4 is 9.46 Å². The number of aryl methyl sites for hydroxylation is 2. The van der Waals surface area contributed by atoms with Crippen LogP contribution in [-0.2, 0) is 0 Å². The van der Waals surface area contributed by atoms with Crippen molar-refractivity contribution >= 4 is 21.8 Å². The van der Waals surface area contributed by atoms with Crippen LogP contribution in [0.3, 0.4) is 0 Å². The maximum atomic E-state index is 13.0. The zero-order chi connectivity index (χ0) is 16.8. The average Bonchev–Trinajstić information content (AvgIpc) is 2.57. The Morgan fingerprint density at radius 1 is 0.625 bits per heavy atom. The molecule has 0 aliphatic rings. The summed E-state index contributed by atoms with van der Waals surface area (Å²) in [4.78, 5) is 0. The van der Waals surface area contributed by atoms with Crippen LogP contribution in [0.1, 0.15) is 11.1 Å². The van der Waals surface area contributed by atoms with Gasteiger partial charge in [0.25, 0.3) is 11.4 Å². The Morgan fingerprint density at radius 2 is 1.00 bits per heavy atom. The van der Waals surface area contributed by atoms with Crippen LogP contribution in [0.2, 0.25) is 0 Å². The molecule has 0 saturated carbocycles. The minimum Gasteiger partial charge on any atom is -0.618 e. The molecule has 118 valence electrons. The summed E-state index contributed by atoms with van der Waals surface area (Å²) in [5.41, 5.74) is 3.51. The SMILES string of the molecule is Cc1cc2ccccc2[n+]([O-])c1-c1c(C)cc2ccccc2[n+]1[O-]. The van der Waals surface area contributed by atoms with E-state index in [1.54, 1.807) is 12.1 Å². The number of fused-ring (bicyclic) bond motifs is 2. The van der Waals surface area contributed by atoms with Gasteiger partial charge in [0.05, 0.1) is 0 Å². The monoisotopic (exact) mass is 316 g/mol. The highest BCUT2D eigenvalue weighted by Gasteiger charge is 2.27. The Bertz CT molecular complexity index is 1010. The number of benzene rings is 2. The lowest BCUT2D eigenvalue weighted by Gasteiger charge is -2.13. The normalized spacial score (nSPS) is 11.2. The van der Waals surface area contributed by atoms with Gasteiger partial charge in [-0.1, -0.05) is 24.3 Å². The molecule has 4 aromatic rings. The number of pyridine rings is 2. The summed E-state index contributed by atoms with van der Waals surface area (Å²) in [6, 6.07) is 18.7. The van der Waals surface area contributed by atoms with Gasteiger partial charge in [0.2, 0.25) is 11.0 Å². The fourth-order valence-corrected chi connectivity index (χ4v) is 3.32. The third-order valence-electron chi connectivity index (χ3n) is 4.43. The second kappa shape index (κ2) is 5.20. The molecular weight excluding hydrogens is 300 g/mol. The number of hydrogen-bond donors (Lipinski definition) is 0. The molecule has 4 heteroatoms. The van der Waals surface area contributed by atoms with Gasteiger partial charge in [-0.2, -0.15) is 9.46 Å². The van der Waals surface area contributed by atoms with E-state index in [0.29, 0.717) is 22.4 Å². The largest absolute Gasteiger partial charge is 0.618 e. The van der Waals surface area contributed by atoms with Crippen molar-refractivity contribution in [1.82, 2.24) is 0 Å². The first-order valence-corrected chi connectivity index (χ1v) is 7.82. The predicted molar refractivity (Wildman–Crippen MR) is 94.3 cm³/mol. The van der Waals surface area contributed by atoms with E-state index < -0.39 is 0 Å². The van der Waals surface area contributed by atoms with Gasteiger partial charge in [0.15, 0.2) is 0 Å². The highest BCUT2D eigenvalue weighted by atomic mass is 16.5. The number of nitrogens with zero attached hydrogens (tertiary/aromatic N) is 2. The molecule has 0 amide bonds. The van der Waals surface area contributed by atoms with Gasteiger partial charge in [-0.25, -0.2) is 0 Å². The molecule has 2 heterocycles. The molecule has 0 bridgehead atoms. The lowest BCUT2D eigenvalue weighted by molar-refractivity contribution is -0.598. The van der Waals surface area contributed by atoms with Crippen molar-refractivity contribution in [3.05, 3.63) is 82.2 Å². The molecule has 2 aromatic carbocycles. The molecule has 0 unspecified atom stereocenters. The van der Waals surface area contributed by atoms with E-state index in [9.17, 15) is 10.4 Å². The molecule has 24 heavy (non-hydrogen) atoms. The van der Waals surface area contributed by atoms with Gasteiger partial charge in [-0.15, -0.1) is 0 Å². The standard InChI is InChI=1S/C20H16N2O2/c1-13-11-15-7-3-5-9-17(15)21(23)19(13)20-14(2)12-16-8-4-6-10-18(16)22(20)24/h3-12H,1-2H3. The fraction of sp³-hybridized carbons (Fsp3) is 0.100. The lowest BCUT2D eigenvalue weighted by atomic mass is 10.0. The second-order valence-electron chi connectivity index (χ2n) is 6.06. The van der Waals surface area contributed by atoms with Crippen LogP contribution in [-0.4, -0.2) is 0 Å². The van der Waals surface area contributed by atoms with Gasteiger partial charge in [0, 0.05) is 34.0 Å². The number of aromatic nitrogens is 2. The first-order chi connectivity index (χ1) is 11.6. The number of rotatable bonds is 1. The summed E-state index contributed by atoms with van der Waals surface area (Å²) in [5, 5.41) is 27.6. The molecule has 0 atom stereocenters. The molecule has 2 aromatic heterocycles. The second-order valence-corrected chi connectivity index (χ2v) is 6.06. The first-order valence-electron chi connectivity index (χ1n) is 7.82. The quantitative estimate of drug-likeness (QED) is 0.398. The van der Waals surface area contributed by atoms with Gasteiger partial charge in [0.1, 0.15) is 0 Å². The van der Waals surface area contributed by atoms with Crippen molar-refractivity contribution in [3.8, 4) is 11.4 Å². The Balaban J connectivity index is 2.14. The average molecular weight is 316 g/mol. The van der Waals surface area contributed by atoms with Crippen LogP contribution in [0.5, 0.6) is 0 Å². The summed E-state index contributed by atoms with van der Waals surface area (Å²) in [6.07, 6.45) is 0. The van der Waals surface area contributed by atoms with Crippen molar-refractivity contribution in [1.29, 1.82) is 0 Å². The van der Waals surface area contributed by atoms with Crippen LogP contribution in [0, 0.1) is 24.3 Å². The topological polar surface area (TPSA) is 53.9 Å². The Labute approximate surface area is 139 Å². The smallest absolute Gasteiger partial charge is 0.293 e.